The van der Waals surface area contributed by atoms with Gasteiger partial charge in [0.1, 0.15) is 10.7 Å². The number of rotatable bonds is 9. The zero-order valence-corrected chi connectivity index (χ0v) is 12.4. The van der Waals surface area contributed by atoms with Crippen LogP contribution in [0.1, 0.15) is 12.0 Å². The maximum Gasteiger partial charge on any atom is 0.120 e. The van der Waals surface area contributed by atoms with E-state index in [1.54, 1.807) is 25.3 Å². The summed E-state index contributed by atoms with van der Waals surface area (Å²) in [4.78, 5) is 0.281. The first-order valence-electron chi connectivity index (χ1n) is 5.94. The highest BCUT2D eigenvalue weighted by Gasteiger charge is 2.04. The molecule has 1 rings (SSSR count). The molecule has 19 heavy (non-hydrogen) atoms. The van der Waals surface area contributed by atoms with Crippen LogP contribution in [-0.2, 0) is 9.47 Å². The monoisotopic (exact) mass is 303 g/mol. The molecular formula is C13H18ClNO3S. The molecule has 0 aromatic heterocycles. The highest BCUT2D eigenvalue weighted by atomic mass is 35.5. The minimum atomic E-state index is 0.281. The van der Waals surface area contributed by atoms with Crippen molar-refractivity contribution < 1.29 is 14.2 Å². The Bertz CT molecular complexity index is 415. The Balaban J connectivity index is 2.26. The molecule has 0 aliphatic rings. The van der Waals surface area contributed by atoms with E-state index in [2.05, 4.69) is 0 Å². The summed E-state index contributed by atoms with van der Waals surface area (Å²) in [5.74, 6) is 0.696. The van der Waals surface area contributed by atoms with Gasteiger partial charge in [0, 0.05) is 25.7 Å². The third kappa shape index (κ3) is 6.20. The molecule has 0 aliphatic heterocycles. The lowest BCUT2D eigenvalue weighted by molar-refractivity contribution is 0.0644. The number of nitrogens with two attached hydrogens (primary N) is 1. The SMILES string of the molecule is COCCOCCCOc1ccc(C(N)=S)c(Cl)c1. The largest absolute Gasteiger partial charge is 0.493 e. The fourth-order valence-corrected chi connectivity index (χ4v) is 1.89. The Labute approximate surface area is 123 Å². The Morgan fingerprint density at radius 1 is 1.26 bits per heavy atom. The first-order valence-corrected chi connectivity index (χ1v) is 6.72. The molecule has 0 saturated carbocycles. The van der Waals surface area contributed by atoms with Gasteiger partial charge in [0.15, 0.2) is 0 Å². The minimum absolute atomic E-state index is 0.281. The molecular weight excluding hydrogens is 286 g/mol. The van der Waals surface area contributed by atoms with Gasteiger partial charge in [0.2, 0.25) is 0 Å². The molecule has 0 heterocycles. The molecule has 0 fully saturated rings. The standard InChI is InChI=1S/C13H18ClNO3S/c1-16-7-8-17-5-2-6-18-10-3-4-11(13(15)19)12(14)9-10/h3-4,9H,2,5-8H2,1H3,(H2,15,19). The number of hydrogen-bond acceptors (Lipinski definition) is 4. The summed E-state index contributed by atoms with van der Waals surface area (Å²) in [7, 11) is 1.65. The minimum Gasteiger partial charge on any atom is -0.493 e. The first-order chi connectivity index (χ1) is 9.15. The average Bonchev–Trinajstić information content (AvgIpc) is 2.37. The van der Waals surface area contributed by atoms with E-state index in [0.717, 1.165) is 6.42 Å². The van der Waals surface area contributed by atoms with E-state index in [1.165, 1.54) is 0 Å². The fraction of sp³-hybridized carbons (Fsp3) is 0.462. The number of benzene rings is 1. The van der Waals surface area contributed by atoms with E-state index < -0.39 is 0 Å². The van der Waals surface area contributed by atoms with E-state index >= 15 is 0 Å². The van der Waals surface area contributed by atoms with Gasteiger partial charge >= 0.3 is 0 Å². The van der Waals surface area contributed by atoms with Crippen LogP contribution >= 0.6 is 23.8 Å². The van der Waals surface area contributed by atoms with Gasteiger partial charge in [-0.15, -0.1) is 0 Å². The van der Waals surface area contributed by atoms with E-state index in [-0.39, 0.29) is 4.99 Å². The van der Waals surface area contributed by atoms with Crippen molar-refractivity contribution in [3.63, 3.8) is 0 Å². The van der Waals surface area contributed by atoms with Gasteiger partial charge in [-0.25, -0.2) is 0 Å². The maximum atomic E-state index is 6.04. The highest BCUT2D eigenvalue weighted by molar-refractivity contribution is 7.80. The first kappa shape index (κ1) is 16.2. The van der Waals surface area contributed by atoms with Crippen LogP contribution in [0, 0.1) is 0 Å². The summed E-state index contributed by atoms with van der Waals surface area (Å²) in [6.45, 7) is 2.42. The van der Waals surface area contributed by atoms with Crippen LogP contribution < -0.4 is 10.5 Å². The van der Waals surface area contributed by atoms with Gasteiger partial charge in [-0.3, -0.25) is 0 Å². The third-order valence-electron chi connectivity index (χ3n) is 2.34. The summed E-state index contributed by atoms with van der Waals surface area (Å²) in [6, 6.07) is 5.27. The van der Waals surface area contributed by atoms with Gasteiger partial charge in [-0.05, 0) is 18.2 Å². The summed E-state index contributed by atoms with van der Waals surface area (Å²) in [5, 5.41) is 0.501. The molecule has 0 aliphatic carbocycles. The Kier molecular flexibility index (Phi) is 7.74. The Hall–Kier alpha value is -0.880. The van der Waals surface area contributed by atoms with Crippen LogP contribution in [0.2, 0.25) is 5.02 Å². The lowest BCUT2D eigenvalue weighted by atomic mass is 10.2. The summed E-state index contributed by atoms with van der Waals surface area (Å²) < 4.78 is 15.7. The lowest BCUT2D eigenvalue weighted by Gasteiger charge is -2.09. The smallest absolute Gasteiger partial charge is 0.120 e. The van der Waals surface area contributed by atoms with Crippen LogP contribution in [0.4, 0.5) is 0 Å². The second-order valence-corrected chi connectivity index (χ2v) is 4.66. The summed E-state index contributed by atoms with van der Waals surface area (Å²) >= 11 is 10.9. The molecule has 0 spiro atoms. The third-order valence-corrected chi connectivity index (χ3v) is 2.87. The molecule has 1 aromatic rings. The molecule has 0 radical (unpaired) electrons. The van der Waals surface area contributed by atoms with Crippen molar-refractivity contribution in [2.75, 3.05) is 33.5 Å². The number of ether oxygens (including phenoxy) is 3. The van der Waals surface area contributed by atoms with Gasteiger partial charge in [0.05, 0.1) is 24.8 Å². The Morgan fingerprint density at radius 3 is 2.68 bits per heavy atom. The second kappa shape index (κ2) is 9.09. The van der Waals surface area contributed by atoms with Gasteiger partial charge in [-0.2, -0.15) is 0 Å². The molecule has 0 amide bonds. The molecule has 4 nitrogen and oxygen atoms in total. The predicted molar refractivity (Wildman–Crippen MR) is 80.1 cm³/mol. The van der Waals surface area contributed by atoms with Crippen molar-refractivity contribution in [2.45, 2.75) is 6.42 Å². The van der Waals surface area contributed by atoms with Crippen molar-refractivity contribution in [3.05, 3.63) is 28.8 Å². The topological polar surface area (TPSA) is 53.7 Å². The highest BCUT2D eigenvalue weighted by Crippen LogP contribution is 2.22. The summed E-state index contributed by atoms with van der Waals surface area (Å²) in [5.41, 5.74) is 6.18. The second-order valence-electron chi connectivity index (χ2n) is 3.81. The van der Waals surface area contributed by atoms with Crippen LogP contribution in [0.3, 0.4) is 0 Å². The number of thiocarbonyl (C=S) groups is 1. The van der Waals surface area contributed by atoms with Gasteiger partial charge in [0.25, 0.3) is 0 Å². The van der Waals surface area contributed by atoms with Crippen molar-refractivity contribution in [1.29, 1.82) is 0 Å². The summed E-state index contributed by atoms with van der Waals surface area (Å²) in [6.07, 6.45) is 0.804. The zero-order chi connectivity index (χ0) is 14.1. The van der Waals surface area contributed by atoms with E-state index in [1.807, 2.05) is 0 Å². The van der Waals surface area contributed by atoms with Crippen LogP contribution in [0.15, 0.2) is 18.2 Å². The molecule has 0 atom stereocenters. The molecule has 0 saturated heterocycles. The molecule has 0 bridgehead atoms. The van der Waals surface area contributed by atoms with Crippen LogP contribution in [-0.4, -0.2) is 38.5 Å². The molecule has 0 unspecified atom stereocenters. The normalized spacial score (nSPS) is 10.4. The Morgan fingerprint density at radius 2 is 2.05 bits per heavy atom. The number of hydrogen-bond donors (Lipinski definition) is 1. The van der Waals surface area contributed by atoms with Crippen molar-refractivity contribution in [1.82, 2.24) is 0 Å². The number of methoxy groups -OCH3 is 1. The van der Waals surface area contributed by atoms with Crippen LogP contribution in [0.5, 0.6) is 5.75 Å². The maximum absolute atomic E-state index is 6.04. The quantitative estimate of drug-likeness (QED) is 0.561. The van der Waals surface area contributed by atoms with E-state index in [0.29, 0.717) is 42.8 Å². The van der Waals surface area contributed by atoms with Crippen LogP contribution in [0.25, 0.3) is 0 Å². The van der Waals surface area contributed by atoms with Crippen molar-refractivity contribution >= 4 is 28.8 Å². The molecule has 2 N–H and O–H groups in total. The van der Waals surface area contributed by atoms with E-state index in [9.17, 15) is 0 Å². The fourth-order valence-electron chi connectivity index (χ4n) is 1.38. The average molecular weight is 304 g/mol. The van der Waals surface area contributed by atoms with Crippen molar-refractivity contribution in [2.24, 2.45) is 5.73 Å². The number of halogens is 1. The lowest BCUT2D eigenvalue weighted by Crippen LogP contribution is -2.10. The molecule has 106 valence electrons. The molecule has 1 aromatic carbocycles. The van der Waals surface area contributed by atoms with E-state index in [4.69, 9.17) is 43.8 Å². The van der Waals surface area contributed by atoms with Gasteiger partial charge in [-0.1, -0.05) is 23.8 Å². The van der Waals surface area contributed by atoms with Crippen molar-refractivity contribution in [3.8, 4) is 5.75 Å². The molecule has 6 heteroatoms. The zero-order valence-electron chi connectivity index (χ0n) is 10.9. The van der Waals surface area contributed by atoms with Gasteiger partial charge < -0.3 is 19.9 Å². The predicted octanol–water partition coefficient (Wildman–Crippen LogP) is 2.41.